The summed E-state index contributed by atoms with van der Waals surface area (Å²) in [6.07, 6.45) is 0. The summed E-state index contributed by atoms with van der Waals surface area (Å²) in [6.45, 7) is 19.2. The van der Waals surface area contributed by atoms with Crippen LogP contribution in [0.3, 0.4) is 0 Å². The van der Waals surface area contributed by atoms with Gasteiger partial charge in [0.1, 0.15) is 0 Å². The molecular weight excluding hydrogens is 124 g/mol. The van der Waals surface area contributed by atoms with Crippen LogP contribution in [0.2, 0.25) is 0 Å². The Hall–Kier alpha value is -0.860. The van der Waals surface area contributed by atoms with Crippen molar-refractivity contribution in [3.8, 4) is 0 Å². The first-order chi connectivity index (χ1) is 4.91. The second kappa shape index (κ2) is 319. The van der Waals surface area contributed by atoms with E-state index in [1.165, 1.54) is 0 Å². The van der Waals surface area contributed by atoms with Gasteiger partial charge in [-0.2, -0.15) is 0 Å². The van der Waals surface area contributed by atoms with E-state index in [1.54, 1.807) is 0 Å². The lowest BCUT2D eigenvalue weighted by Crippen LogP contribution is -2.11. The Morgan fingerprint density at radius 2 is 0.700 bits per heavy atom. The molecule has 0 saturated heterocycles. The van der Waals surface area contributed by atoms with Crippen LogP contribution in [0.5, 0.6) is 0 Å². The average Bonchev–Trinajstić information content (AvgIpc) is 2.14. The Labute approximate surface area is 64.9 Å². The van der Waals surface area contributed by atoms with Gasteiger partial charge in [-0.15, -0.1) is 39.5 Å². The van der Waals surface area contributed by atoms with E-state index in [0.29, 0.717) is 13.1 Å². The van der Waals surface area contributed by atoms with Crippen LogP contribution in [0.4, 0.5) is 0 Å². The third kappa shape index (κ3) is 13700. The minimum absolute atomic E-state index is 0.597. The van der Waals surface area contributed by atoms with Crippen molar-refractivity contribution in [2.45, 2.75) is 0 Å². The molecule has 0 aromatic carbocycles. The normalized spacial score (nSPS) is 4.20. The second-order valence-corrected chi connectivity index (χ2v) is 0.577. The molecule has 0 heterocycles. The molecule has 0 atom stereocenters. The van der Waals surface area contributed by atoms with E-state index < -0.39 is 0 Å². The number of hydrogen-bond acceptors (Lipinski definition) is 2. The fraction of sp³-hybridized carbons (Fsp3) is 0.250. The first-order valence-electron chi connectivity index (χ1n) is 2.82. The first-order valence-corrected chi connectivity index (χ1v) is 2.82. The average molecular weight is 144 g/mol. The topological polar surface area (TPSA) is 52.0 Å². The monoisotopic (exact) mass is 144 g/mol. The van der Waals surface area contributed by atoms with E-state index in [1.807, 2.05) is 0 Å². The molecule has 0 radical (unpaired) electrons. The van der Waals surface area contributed by atoms with Gasteiger partial charge in [0.05, 0.1) is 0 Å². The molecule has 0 spiro atoms. The summed E-state index contributed by atoms with van der Waals surface area (Å²) in [7, 11) is 0. The minimum Gasteiger partial charge on any atom is -0.329 e. The molecule has 0 bridgehead atoms. The van der Waals surface area contributed by atoms with Gasteiger partial charge >= 0.3 is 0 Å². The van der Waals surface area contributed by atoms with Gasteiger partial charge in [0, 0.05) is 13.1 Å². The van der Waals surface area contributed by atoms with Crippen molar-refractivity contribution < 1.29 is 0 Å². The van der Waals surface area contributed by atoms with Crippen LogP contribution in [-0.4, -0.2) is 13.1 Å². The van der Waals surface area contributed by atoms with Gasteiger partial charge in [0.15, 0.2) is 0 Å². The lowest BCUT2D eigenvalue weighted by molar-refractivity contribution is 0.976. The van der Waals surface area contributed by atoms with Gasteiger partial charge in [-0.25, -0.2) is 0 Å². The standard InChI is InChI=1S/C2H8N2.3C2H4/c3-1-2-4;3*1-2/h1-4H2;3*1-2H2. The Balaban J connectivity index is -0.0000000262. The maximum Gasteiger partial charge on any atom is 0.00461 e. The molecule has 0 fully saturated rings. The second-order valence-electron chi connectivity index (χ2n) is 0.577. The predicted molar refractivity (Wildman–Crippen MR) is 51.9 cm³/mol. The molecular formula is C8H20N2. The van der Waals surface area contributed by atoms with Gasteiger partial charge in [0.25, 0.3) is 0 Å². The molecule has 10 heavy (non-hydrogen) atoms. The van der Waals surface area contributed by atoms with Gasteiger partial charge in [-0.05, 0) is 0 Å². The zero-order valence-corrected chi connectivity index (χ0v) is 6.81. The molecule has 0 aliphatic rings. The van der Waals surface area contributed by atoms with Crippen LogP contribution in [-0.2, 0) is 0 Å². The van der Waals surface area contributed by atoms with E-state index in [4.69, 9.17) is 11.5 Å². The Kier molecular flexibility index (Phi) is 732. The maximum atomic E-state index is 4.90. The number of hydrogen-bond donors (Lipinski definition) is 2. The van der Waals surface area contributed by atoms with Crippen LogP contribution < -0.4 is 11.5 Å². The van der Waals surface area contributed by atoms with E-state index in [-0.39, 0.29) is 0 Å². The third-order valence-corrected chi connectivity index (χ3v) is 0.167. The van der Waals surface area contributed by atoms with Gasteiger partial charge < -0.3 is 11.5 Å². The van der Waals surface area contributed by atoms with Crippen LogP contribution >= 0.6 is 0 Å². The molecule has 0 rings (SSSR count). The number of nitrogens with two attached hydrogens (primary N) is 2. The molecule has 62 valence electrons. The summed E-state index contributed by atoms with van der Waals surface area (Å²) in [6, 6.07) is 0. The molecule has 0 aliphatic carbocycles. The largest absolute Gasteiger partial charge is 0.329 e. The lowest BCUT2D eigenvalue weighted by atomic mass is 10.7. The molecule has 4 N–H and O–H groups in total. The lowest BCUT2D eigenvalue weighted by Gasteiger charge is -1.72. The van der Waals surface area contributed by atoms with Crippen LogP contribution in [0.15, 0.2) is 39.5 Å². The number of rotatable bonds is 1. The molecule has 0 aliphatic heterocycles. The van der Waals surface area contributed by atoms with Crippen molar-refractivity contribution in [2.75, 3.05) is 13.1 Å². The highest BCUT2D eigenvalue weighted by Gasteiger charge is 1.54. The van der Waals surface area contributed by atoms with Gasteiger partial charge in [0.2, 0.25) is 0 Å². The highest BCUT2D eigenvalue weighted by atomic mass is 14.6. The molecule has 0 amide bonds. The first kappa shape index (κ1) is 22.9. The Morgan fingerprint density at radius 3 is 0.700 bits per heavy atom. The molecule has 0 aromatic rings. The van der Waals surface area contributed by atoms with Crippen LogP contribution in [0, 0.1) is 0 Å². The SMILES string of the molecule is C=C.C=C.C=C.NCCN. The van der Waals surface area contributed by atoms with E-state index in [2.05, 4.69) is 39.5 Å². The smallest absolute Gasteiger partial charge is 0.00461 e. The summed E-state index contributed by atoms with van der Waals surface area (Å²) in [5.41, 5.74) is 9.81. The molecule has 0 unspecified atom stereocenters. The summed E-state index contributed by atoms with van der Waals surface area (Å²) in [5.74, 6) is 0. The molecule has 2 heteroatoms. The highest BCUT2D eigenvalue weighted by Crippen LogP contribution is 1.24. The summed E-state index contributed by atoms with van der Waals surface area (Å²) in [4.78, 5) is 0. The minimum atomic E-state index is 0.597. The maximum absolute atomic E-state index is 4.90. The van der Waals surface area contributed by atoms with Crippen molar-refractivity contribution >= 4 is 0 Å². The van der Waals surface area contributed by atoms with E-state index >= 15 is 0 Å². The fourth-order valence-electron chi connectivity index (χ4n) is 0. The zero-order chi connectivity index (χ0) is 9.41. The Bertz CT molecular complexity index is 23.7. The van der Waals surface area contributed by atoms with Gasteiger partial charge in [-0.1, -0.05) is 0 Å². The highest BCUT2D eigenvalue weighted by molar-refractivity contribution is 4.26. The van der Waals surface area contributed by atoms with Crippen LogP contribution in [0.1, 0.15) is 0 Å². The van der Waals surface area contributed by atoms with Crippen molar-refractivity contribution in [3.05, 3.63) is 39.5 Å². The summed E-state index contributed by atoms with van der Waals surface area (Å²) < 4.78 is 0. The van der Waals surface area contributed by atoms with E-state index in [9.17, 15) is 0 Å². The molecule has 0 aromatic heterocycles. The Morgan fingerprint density at radius 1 is 0.600 bits per heavy atom. The van der Waals surface area contributed by atoms with Crippen molar-refractivity contribution in [2.24, 2.45) is 11.5 Å². The van der Waals surface area contributed by atoms with Crippen molar-refractivity contribution in [3.63, 3.8) is 0 Å². The zero-order valence-electron chi connectivity index (χ0n) is 6.81. The molecule has 0 saturated carbocycles. The summed E-state index contributed by atoms with van der Waals surface area (Å²) >= 11 is 0. The third-order valence-electron chi connectivity index (χ3n) is 0.167. The molecule has 2 nitrogen and oxygen atoms in total. The predicted octanol–water partition coefficient (Wildman–Crippen LogP) is 1.31. The van der Waals surface area contributed by atoms with Crippen molar-refractivity contribution in [1.82, 2.24) is 0 Å². The summed E-state index contributed by atoms with van der Waals surface area (Å²) in [5, 5.41) is 0. The van der Waals surface area contributed by atoms with Crippen LogP contribution in [0.25, 0.3) is 0 Å². The quantitative estimate of drug-likeness (QED) is 0.545. The van der Waals surface area contributed by atoms with E-state index in [0.717, 1.165) is 0 Å². The fourth-order valence-corrected chi connectivity index (χ4v) is 0. The van der Waals surface area contributed by atoms with Gasteiger partial charge in [-0.3, -0.25) is 0 Å². The van der Waals surface area contributed by atoms with Crippen molar-refractivity contribution in [1.29, 1.82) is 0 Å².